The minimum atomic E-state index is -0.342. The van der Waals surface area contributed by atoms with Gasteiger partial charge in [-0.25, -0.2) is 0 Å². The Bertz CT molecular complexity index is 1230. The van der Waals surface area contributed by atoms with Crippen molar-refractivity contribution in [1.82, 2.24) is 4.98 Å². The van der Waals surface area contributed by atoms with Crippen molar-refractivity contribution >= 4 is 56.7 Å². The largest absolute Gasteiger partial charge is 0.489 e. The maximum atomic E-state index is 13.1. The van der Waals surface area contributed by atoms with Gasteiger partial charge in [-0.1, -0.05) is 41.4 Å². The maximum absolute atomic E-state index is 13.1. The molecule has 7 heteroatoms. The second-order valence-electron chi connectivity index (χ2n) is 7.10. The number of benzene rings is 2. The maximum Gasteiger partial charge on any atom is 0.256 e. The van der Waals surface area contributed by atoms with Crippen molar-refractivity contribution in [3.63, 3.8) is 0 Å². The first-order valence-corrected chi connectivity index (χ1v) is 10.0. The van der Waals surface area contributed by atoms with Crippen LogP contribution in [0.2, 0.25) is 10.0 Å². The summed E-state index contributed by atoms with van der Waals surface area (Å²) in [5.74, 6) is 0.901. The number of carbonyl (C=O) groups is 1. The topological polar surface area (TPSA) is 64.4 Å². The number of para-hydroxylation sites is 1. The summed E-state index contributed by atoms with van der Waals surface area (Å²) in [5.41, 5.74) is 2.03. The first-order valence-electron chi connectivity index (χ1n) is 9.29. The van der Waals surface area contributed by atoms with E-state index in [1.807, 2.05) is 24.3 Å². The molecular formula is C22H16Cl2N2O3. The second kappa shape index (κ2) is 7.25. The number of hydrogen-bond acceptors (Lipinski definition) is 4. The quantitative estimate of drug-likeness (QED) is 0.404. The van der Waals surface area contributed by atoms with E-state index in [4.69, 9.17) is 32.4 Å². The van der Waals surface area contributed by atoms with Gasteiger partial charge in [-0.2, -0.15) is 0 Å². The molecule has 1 saturated carbocycles. The highest BCUT2D eigenvalue weighted by Crippen LogP contribution is 2.39. The standard InChI is InChI=1S/C22H16Cl2N2O3/c23-15-9-25-10-16(24)20(15)26-22(27)14-7-8-18(28-11-12-5-6-12)21-19(14)13-3-1-2-4-17(13)29-21/h1-4,7-10,12H,5-6,11H2,(H,25,26,27). The lowest BCUT2D eigenvalue weighted by Crippen LogP contribution is -2.13. The van der Waals surface area contributed by atoms with Crippen molar-refractivity contribution in [2.75, 3.05) is 11.9 Å². The predicted octanol–water partition coefficient (Wildman–Crippen LogP) is 6.33. The number of rotatable bonds is 5. The molecule has 0 bridgehead atoms. The van der Waals surface area contributed by atoms with E-state index in [0.29, 0.717) is 46.1 Å². The summed E-state index contributed by atoms with van der Waals surface area (Å²) in [7, 11) is 0. The third-order valence-corrected chi connectivity index (χ3v) is 5.57. The van der Waals surface area contributed by atoms with Crippen LogP contribution in [0, 0.1) is 5.92 Å². The third-order valence-electron chi connectivity index (χ3n) is 5.00. The van der Waals surface area contributed by atoms with Crippen LogP contribution < -0.4 is 10.1 Å². The molecular weight excluding hydrogens is 411 g/mol. The lowest BCUT2D eigenvalue weighted by molar-refractivity contribution is 0.102. The van der Waals surface area contributed by atoms with Gasteiger partial charge < -0.3 is 14.5 Å². The molecule has 0 atom stereocenters. The predicted molar refractivity (Wildman–Crippen MR) is 114 cm³/mol. The van der Waals surface area contributed by atoms with Crippen LogP contribution in [0.5, 0.6) is 5.75 Å². The molecule has 1 amide bonds. The summed E-state index contributed by atoms with van der Waals surface area (Å²) in [6.07, 6.45) is 5.25. The number of pyridine rings is 1. The summed E-state index contributed by atoms with van der Waals surface area (Å²) < 4.78 is 12.0. The zero-order chi connectivity index (χ0) is 20.0. The Morgan fingerprint density at radius 3 is 2.66 bits per heavy atom. The molecule has 146 valence electrons. The summed E-state index contributed by atoms with van der Waals surface area (Å²) in [6, 6.07) is 11.1. The zero-order valence-corrected chi connectivity index (χ0v) is 16.8. The monoisotopic (exact) mass is 426 g/mol. The number of fused-ring (bicyclic) bond motifs is 3. The van der Waals surface area contributed by atoms with E-state index in [2.05, 4.69) is 10.3 Å². The molecule has 1 aliphatic carbocycles. The van der Waals surface area contributed by atoms with Crippen LogP contribution in [0.3, 0.4) is 0 Å². The van der Waals surface area contributed by atoms with Crippen molar-refractivity contribution in [3.05, 3.63) is 64.4 Å². The van der Waals surface area contributed by atoms with E-state index in [9.17, 15) is 4.79 Å². The van der Waals surface area contributed by atoms with Gasteiger partial charge in [-0.05, 0) is 37.0 Å². The Hall–Kier alpha value is -2.76. The summed E-state index contributed by atoms with van der Waals surface area (Å²) in [5, 5.41) is 4.88. The smallest absolute Gasteiger partial charge is 0.256 e. The molecule has 2 heterocycles. The molecule has 0 unspecified atom stereocenters. The number of anilines is 1. The lowest BCUT2D eigenvalue weighted by Gasteiger charge is -2.11. The molecule has 1 aliphatic rings. The fourth-order valence-electron chi connectivity index (χ4n) is 3.31. The van der Waals surface area contributed by atoms with Crippen LogP contribution in [0.15, 0.2) is 53.2 Å². The van der Waals surface area contributed by atoms with Crippen LogP contribution in [-0.4, -0.2) is 17.5 Å². The van der Waals surface area contributed by atoms with Crippen LogP contribution in [0.25, 0.3) is 21.9 Å². The fraction of sp³-hybridized carbons (Fsp3) is 0.182. The van der Waals surface area contributed by atoms with Gasteiger partial charge in [0.1, 0.15) is 5.58 Å². The third kappa shape index (κ3) is 3.41. The number of aromatic nitrogens is 1. The molecule has 5 rings (SSSR count). The normalized spacial score (nSPS) is 13.7. The van der Waals surface area contributed by atoms with Gasteiger partial charge in [-0.15, -0.1) is 0 Å². The first kappa shape index (κ1) is 18.3. The van der Waals surface area contributed by atoms with Gasteiger partial charge >= 0.3 is 0 Å². The van der Waals surface area contributed by atoms with Crippen molar-refractivity contribution in [1.29, 1.82) is 0 Å². The summed E-state index contributed by atoms with van der Waals surface area (Å²) in [4.78, 5) is 17.0. The van der Waals surface area contributed by atoms with Gasteiger partial charge in [0.05, 0.1) is 27.9 Å². The van der Waals surface area contributed by atoms with Gasteiger partial charge in [-0.3, -0.25) is 9.78 Å². The molecule has 1 fully saturated rings. The van der Waals surface area contributed by atoms with Gasteiger partial charge in [0.15, 0.2) is 11.3 Å². The van der Waals surface area contributed by atoms with Crippen molar-refractivity contribution in [2.24, 2.45) is 5.92 Å². The molecule has 0 spiro atoms. The van der Waals surface area contributed by atoms with Crippen LogP contribution in [0.1, 0.15) is 23.2 Å². The number of nitrogens with zero attached hydrogens (tertiary/aromatic N) is 1. The van der Waals surface area contributed by atoms with Crippen molar-refractivity contribution in [3.8, 4) is 5.75 Å². The SMILES string of the molecule is O=C(Nc1c(Cl)cncc1Cl)c1ccc(OCC2CC2)c2oc3ccccc3c12. The Labute approximate surface area is 176 Å². The molecule has 4 aromatic rings. The molecule has 1 N–H and O–H groups in total. The Balaban J connectivity index is 1.61. The minimum absolute atomic E-state index is 0.267. The number of ether oxygens (including phenoxy) is 1. The average molecular weight is 427 g/mol. The van der Waals surface area contributed by atoms with E-state index < -0.39 is 0 Å². The number of amides is 1. The van der Waals surface area contributed by atoms with E-state index in [1.54, 1.807) is 12.1 Å². The summed E-state index contributed by atoms with van der Waals surface area (Å²) >= 11 is 12.3. The second-order valence-corrected chi connectivity index (χ2v) is 7.91. The van der Waals surface area contributed by atoms with E-state index in [0.717, 1.165) is 5.39 Å². The van der Waals surface area contributed by atoms with Gasteiger partial charge in [0, 0.05) is 23.2 Å². The van der Waals surface area contributed by atoms with Crippen molar-refractivity contribution < 1.29 is 13.9 Å². The Morgan fingerprint density at radius 2 is 1.90 bits per heavy atom. The molecule has 2 aromatic carbocycles. The molecule has 0 radical (unpaired) electrons. The summed E-state index contributed by atoms with van der Waals surface area (Å²) in [6.45, 7) is 0.653. The van der Waals surface area contributed by atoms with Crippen LogP contribution in [0.4, 0.5) is 5.69 Å². The molecule has 2 aromatic heterocycles. The minimum Gasteiger partial charge on any atom is -0.489 e. The fourth-order valence-corrected chi connectivity index (χ4v) is 3.77. The number of halogens is 2. The van der Waals surface area contributed by atoms with Gasteiger partial charge in [0.2, 0.25) is 0 Å². The number of nitrogens with one attached hydrogen (secondary N) is 1. The van der Waals surface area contributed by atoms with Crippen molar-refractivity contribution in [2.45, 2.75) is 12.8 Å². The molecule has 0 saturated heterocycles. The van der Waals surface area contributed by atoms with Gasteiger partial charge in [0.25, 0.3) is 5.91 Å². The highest BCUT2D eigenvalue weighted by Gasteiger charge is 2.24. The number of carbonyl (C=O) groups excluding carboxylic acids is 1. The highest BCUT2D eigenvalue weighted by atomic mass is 35.5. The van der Waals surface area contributed by atoms with Crippen LogP contribution >= 0.6 is 23.2 Å². The zero-order valence-electron chi connectivity index (χ0n) is 15.2. The highest BCUT2D eigenvalue weighted by molar-refractivity contribution is 6.40. The molecule has 29 heavy (non-hydrogen) atoms. The lowest BCUT2D eigenvalue weighted by atomic mass is 10.0. The van der Waals surface area contributed by atoms with E-state index in [-0.39, 0.29) is 16.0 Å². The Kier molecular flexibility index (Phi) is 4.57. The number of hydrogen-bond donors (Lipinski definition) is 1. The van der Waals surface area contributed by atoms with E-state index >= 15 is 0 Å². The molecule has 0 aliphatic heterocycles. The average Bonchev–Trinajstić information content (AvgIpc) is 3.47. The number of furan rings is 1. The molecule has 5 nitrogen and oxygen atoms in total. The van der Waals surface area contributed by atoms with E-state index in [1.165, 1.54) is 25.2 Å². The Morgan fingerprint density at radius 1 is 1.14 bits per heavy atom. The first-order chi connectivity index (χ1) is 14.1. The van der Waals surface area contributed by atoms with Crippen LogP contribution in [-0.2, 0) is 0 Å².